The number of likely N-dealkylation sites (tertiary alicyclic amines) is 1. The molecule has 37 heavy (non-hydrogen) atoms. The van der Waals surface area contributed by atoms with E-state index in [4.69, 9.17) is 9.47 Å². The number of rotatable bonds is 10. The maximum Gasteiger partial charge on any atom is 0.451 e. The number of hydrogen-bond donors (Lipinski definition) is 5. The summed E-state index contributed by atoms with van der Waals surface area (Å²) in [5.41, 5.74) is -3.54. The third kappa shape index (κ3) is 11.8. The number of nitrogens with zero attached hydrogens (tertiary/aromatic N) is 1. The molecule has 0 spiro atoms. The molecule has 0 aliphatic carbocycles. The normalized spacial score (nSPS) is 21.0. The molecule has 0 aromatic carbocycles. The van der Waals surface area contributed by atoms with E-state index in [0.29, 0.717) is 5.75 Å². The van der Waals surface area contributed by atoms with Gasteiger partial charge in [0.25, 0.3) is 0 Å². The minimum absolute atomic E-state index is 0.0408. The number of carbonyl (C=O) groups is 4. The number of piperidine rings is 1. The lowest BCUT2D eigenvalue weighted by Crippen LogP contribution is -2.67. The Morgan fingerprint density at radius 3 is 2.14 bits per heavy atom. The van der Waals surface area contributed by atoms with Gasteiger partial charge in [0.05, 0.1) is 6.54 Å². The van der Waals surface area contributed by atoms with Crippen LogP contribution in [0.3, 0.4) is 0 Å². The van der Waals surface area contributed by atoms with Crippen LogP contribution in [-0.4, -0.2) is 99.1 Å². The average molecular weight is 547 g/mol. The van der Waals surface area contributed by atoms with Gasteiger partial charge in [-0.2, -0.15) is 11.8 Å². The van der Waals surface area contributed by atoms with E-state index in [9.17, 15) is 34.3 Å². The molecule has 0 radical (unpaired) electrons. The molecule has 0 bridgehead atoms. The average Bonchev–Trinajstić information content (AvgIpc) is 2.71. The van der Waals surface area contributed by atoms with E-state index in [0.717, 1.165) is 0 Å². The van der Waals surface area contributed by atoms with Crippen LogP contribution in [0.2, 0.25) is 6.32 Å². The Bertz CT molecular complexity index is 816. The second-order valence-electron chi connectivity index (χ2n) is 11.3. The van der Waals surface area contributed by atoms with Gasteiger partial charge in [0, 0.05) is 6.54 Å². The molecule has 0 saturated carbocycles. The first-order valence-corrected chi connectivity index (χ1v) is 13.6. The summed E-state index contributed by atoms with van der Waals surface area (Å²) in [7, 11) is -1.60. The van der Waals surface area contributed by atoms with Crippen LogP contribution in [0, 0.1) is 5.92 Å². The van der Waals surface area contributed by atoms with Crippen LogP contribution in [0.5, 0.6) is 0 Å². The van der Waals surface area contributed by atoms with Gasteiger partial charge in [-0.05, 0) is 78.6 Å². The first-order valence-electron chi connectivity index (χ1n) is 12.3. The molecular formula is C23H42BN3O9S. The molecule has 1 rings (SSSR count). The molecule has 1 saturated heterocycles. The Labute approximate surface area is 223 Å². The zero-order valence-electron chi connectivity index (χ0n) is 22.8. The molecule has 1 aliphatic heterocycles. The standard InChI is InChI=1S/C23H42BN3O9S/c1-21(2,3)35-19(31)25-16(9-11-37-7)17(28)27-13-15(8-10-24(33)34)12-23(14-27,18(29)30)26-20(32)36-22(4,5)6/h15-16,33-34H,8-14H2,1-7H3,(H,25,31)(H,26,32)(H,29,30)/t15-,16-,23+/m0/s1. The van der Waals surface area contributed by atoms with Crippen LogP contribution in [0.1, 0.15) is 60.8 Å². The Balaban J connectivity index is 3.28. The van der Waals surface area contributed by atoms with E-state index in [1.54, 1.807) is 41.5 Å². The van der Waals surface area contributed by atoms with Crippen molar-refractivity contribution in [2.45, 2.75) is 89.9 Å². The fourth-order valence-electron chi connectivity index (χ4n) is 4.03. The molecule has 5 N–H and O–H groups in total. The second-order valence-corrected chi connectivity index (χ2v) is 12.3. The monoisotopic (exact) mass is 547 g/mol. The van der Waals surface area contributed by atoms with Gasteiger partial charge >= 0.3 is 25.3 Å². The van der Waals surface area contributed by atoms with Crippen LogP contribution in [0.25, 0.3) is 0 Å². The number of thioether (sulfide) groups is 1. The van der Waals surface area contributed by atoms with Gasteiger partial charge in [-0.3, -0.25) is 4.79 Å². The SMILES string of the molecule is CSCC[C@H](NC(=O)OC(C)(C)C)C(=O)N1C[C@@H](CCB(O)O)C[C@](NC(=O)OC(C)(C)C)(C(=O)O)C1. The van der Waals surface area contributed by atoms with Crippen LogP contribution in [0.4, 0.5) is 9.59 Å². The van der Waals surface area contributed by atoms with Crippen molar-refractivity contribution in [2.75, 3.05) is 25.1 Å². The van der Waals surface area contributed by atoms with E-state index < -0.39 is 59.9 Å². The molecule has 0 aromatic heterocycles. The highest BCUT2D eigenvalue weighted by molar-refractivity contribution is 7.98. The van der Waals surface area contributed by atoms with Crippen molar-refractivity contribution >= 4 is 42.9 Å². The van der Waals surface area contributed by atoms with Crippen LogP contribution in [-0.2, 0) is 19.1 Å². The highest BCUT2D eigenvalue weighted by atomic mass is 32.2. The molecule has 1 aliphatic rings. The number of carboxylic acids is 1. The summed E-state index contributed by atoms with van der Waals surface area (Å²) in [6.45, 7) is 9.76. The third-order valence-corrected chi connectivity index (χ3v) is 6.11. The number of amides is 3. The Hall–Kier alpha value is -2.19. The van der Waals surface area contributed by atoms with Crippen LogP contribution >= 0.6 is 11.8 Å². The molecular weight excluding hydrogens is 505 g/mol. The number of hydrogen-bond acceptors (Lipinski definition) is 9. The predicted molar refractivity (Wildman–Crippen MR) is 140 cm³/mol. The maximum absolute atomic E-state index is 13.6. The van der Waals surface area contributed by atoms with Crippen molar-refractivity contribution in [3.8, 4) is 0 Å². The summed E-state index contributed by atoms with van der Waals surface area (Å²) >= 11 is 1.48. The zero-order chi connectivity index (χ0) is 28.6. The smallest absolute Gasteiger partial charge is 0.451 e. The Kier molecular flexibility index (Phi) is 12.0. The van der Waals surface area contributed by atoms with Crippen molar-refractivity contribution in [3.63, 3.8) is 0 Å². The molecule has 12 nitrogen and oxygen atoms in total. The van der Waals surface area contributed by atoms with Crippen molar-refractivity contribution < 1.29 is 43.8 Å². The molecule has 1 fully saturated rings. The molecule has 1 heterocycles. The summed E-state index contributed by atoms with van der Waals surface area (Å²) < 4.78 is 10.6. The number of nitrogens with one attached hydrogen (secondary N) is 2. The highest BCUT2D eigenvalue weighted by Gasteiger charge is 2.49. The molecule has 3 amide bonds. The molecule has 0 aromatic rings. The number of carboxylic acid groups (broad SMARTS) is 1. The van der Waals surface area contributed by atoms with Crippen molar-refractivity contribution in [1.82, 2.24) is 15.5 Å². The molecule has 3 atom stereocenters. The summed E-state index contributed by atoms with van der Waals surface area (Å²) in [6, 6.07) is -0.988. The minimum atomic E-state index is -1.88. The van der Waals surface area contributed by atoms with E-state index >= 15 is 0 Å². The Morgan fingerprint density at radius 1 is 1.08 bits per heavy atom. The van der Waals surface area contributed by atoms with Gasteiger partial charge in [0.2, 0.25) is 5.91 Å². The molecule has 14 heteroatoms. The van der Waals surface area contributed by atoms with Gasteiger partial charge in [-0.15, -0.1) is 0 Å². The zero-order valence-corrected chi connectivity index (χ0v) is 23.6. The summed E-state index contributed by atoms with van der Waals surface area (Å²) in [5.74, 6) is -1.81. The van der Waals surface area contributed by atoms with Gasteiger partial charge in [-0.1, -0.05) is 6.42 Å². The Morgan fingerprint density at radius 2 is 1.65 bits per heavy atom. The predicted octanol–water partition coefficient (Wildman–Crippen LogP) is 1.69. The van der Waals surface area contributed by atoms with Crippen molar-refractivity contribution in [1.29, 1.82) is 0 Å². The maximum atomic E-state index is 13.6. The van der Waals surface area contributed by atoms with E-state index in [2.05, 4.69) is 10.6 Å². The third-order valence-electron chi connectivity index (χ3n) is 5.47. The summed E-state index contributed by atoms with van der Waals surface area (Å²) in [6.07, 6.45) is 0.508. The minimum Gasteiger partial charge on any atom is -0.479 e. The fourth-order valence-corrected chi connectivity index (χ4v) is 4.50. The number of alkyl carbamates (subject to hydrolysis) is 2. The van der Waals surface area contributed by atoms with Gasteiger partial charge in [0.15, 0.2) is 5.54 Å². The molecule has 212 valence electrons. The highest BCUT2D eigenvalue weighted by Crippen LogP contribution is 2.31. The number of ether oxygens (including phenoxy) is 2. The summed E-state index contributed by atoms with van der Waals surface area (Å²) in [5, 5.41) is 33.9. The second kappa shape index (κ2) is 13.6. The van der Waals surface area contributed by atoms with Crippen LogP contribution in [0.15, 0.2) is 0 Å². The van der Waals surface area contributed by atoms with E-state index in [1.807, 2.05) is 6.26 Å². The van der Waals surface area contributed by atoms with Gasteiger partial charge in [0.1, 0.15) is 17.2 Å². The summed E-state index contributed by atoms with van der Waals surface area (Å²) in [4.78, 5) is 52.5. The number of carbonyl (C=O) groups excluding carboxylic acids is 3. The molecule has 0 unspecified atom stereocenters. The van der Waals surface area contributed by atoms with E-state index in [-0.39, 0.29) is 38.7 Å². The topological polar surface area (TPSA) is 175 Å². The lowest BCUT2D eigenvalue weighted by Gasteiger charge is -2.45. The first-order chi connectivity index (χ1) is 16.9. The fraction of sp³-hybridized carbons (Fsp3) is 0.826. The lowest BCUT2D eigenvalue weighted by atomic mass is 9.75. The van der Waals surface area contributed by atoms with Gasteiger partial charge < -0.3 is 40.2 Å². The van der Waals surface area contributed by atoms with Crippen molar-refractivity contribution in [3.05, 3.63) is 0 Å². The van der Waals surface area contributed by atoms with E-state index in [1.165, 1.54) is 16.7 Å². The lowest BCUT2D eigenvalue weighted by molar-refractivity contribution is -0.152. The first kappa shape index (κ1) is 32.8. The largest absolute Gasteiger partial charge is 0.479 e. The van der Waals surface area contributed by atoms with Gasteiger partial charge in [-0.25, -0.2) is 14.4 Å². The van der Waals surface area contributed by atoms with Crippen molar-refractivity contribution in [2.24, 2.45) is 5.92 Å². The quantitative estimate of drug-likeness (QED) is 0.253. The number of aliphatic carboxylic acids is 1. The van der Waals surface area contributed by atoms with Crippen LogP contribution < -0.4 is 10.6 Å².